The molecule has 1 fully saturated rings. The standard InChI is InChI=1S/C22H18ClN7O4/c1-2-16(31)28-9-11-29(12-10-28)22(33)34-21-18-17(24-7-8-25-18)20(32)30(21)15-6-4-13-3-5-14(23)26-19(13)27-15/h2-8,21H,1,9-12H2. The first-order chi connectivity index (χ1) is 16.5. The minimum Gasteiger partial charge on any atom is -0.419 e. The van der Waals surface area contributed by atoms with Crippen LogP contribution in [0.1, 0.15) is 22.4 Å². The Morgan fingerprint density at radius 1 is 1.03 bits per heavy atom. The molecule has 0 spiro atoms. The fourth-order valence-electron chi connectivity index (χ4n) is 3.88. The highest BCUT2D eigenvalue weighted by atomic mass is 35.5. The van der Waals surface area contributed by atoms with Crippen LogP contribution in [0, 0.1) is 0 Å². The number of carbonyl (C=O) groups excluding carboxylic acids is 3. The number of rotatable bonds is 3. The largest absolute Gasteiger partial charge is 0.419 e. The molecule has 1 unspecified atom stereocenters. The van der Waals surface area contributed by atoms with E-state index in [1.165, 1.54) is 28.3 Å². The lowest BCUT2D eigenvalue weighted by atomic mass is 10.3. The van der Waals surface area contributed by atoms with Crippen molar-refractivity contribution in [1.29, 1.82) is 0 Å². The van der Waals surface area contributed by atoms with Crippen LogP contribution in [0.25, 0.3) is 11.0 Å². The summed E-state index contributed by atoms with van der Waals surface area (Å²) in [6.07, 6.45) is 2.24. The Morgan fingerprint density at radius 2 is 1.74 bits per heavy atom. The Labute approximate surface area is 198 Å². The van der Waals surface area contributed by atoms with Crippen molar-refractivity contribution in [3.05, 3.63) is 65.9 Å². The molecular weight excluding hydrogens is 462 g/mol. The van der Waals surface area contributed by atoms with Crippen LogP contribution in [0.2, 0.25) is 5.15 Å². The quantitative estimate of drug-likeness (QED) is 0.414. The molecule has 172 valence electrons. The zero-order valence-corrected chi connectivity index (χ0v) is 18.6. The van der Waals surface area contributed by atoms with Crippen molar-refractivity contribution in [1.82, 2.24) is 29.7 Å². The summed E-state index contributed by atoms with van der Waals surface area (Å²) >= 11 is 6.00. The van der Waals surface area contributed by atoms with Crippen molar-refractivity contribution in [3.63, 3.8) is 0 Å². The summed E-state index contributed by atoms with van der Waals surface area (Å²) in [5.41, 5.74) is 0.618. The van der Waals surface area contributed by atoms with Gasteiger partial charge in [0.15, 0.2) is 11.3 Å². The lowest BCUT2D eigenvalue weighted by Crippen LogP contribution is -2.51. The second-order valence-electron chi connectivity index (χ2n) is 7.57. The van der Waals surface area contributed by atoms with E-state index in [1.807, 2.05) is 0 Å². The van der Waals surface area contributed by atoms with E-state index in [0.29, 0.717) is 18.7 Å². The van der Waals surface area contributed by atoms with Crippen molar-refractivity contribution in [2.75, 3.05) is 31.1 Å². The van der Waals surface area contributed by atoms with E-state index >= 15 is 0 Å². The van der Waals surface area contributed by atoms with Gasteiger partial charge in [0.25, 0.3) is 5.91 Å². The monoisotopic (exact) mass is 479 g/mol. The summed E-state index contributed by atoms with van der Waals surface area (Å²) in [6, 6.07) is 6.78. The number of carbonyl (C=O) groups is 3. The van der Waals surface area contributed by atoms with E-state index in [0.717, 1.165) is 5.39 Å². The molecule has 0 radical (unpaired) electrons. The average molecular weight is 480 g/mol. The molecular formula is C22H18ClN7O4. The summed E-state index contributed by atoms with van der Waals surface area (Å²) in [6.45, 7) is 4.74. The zero-order valence-electron chi connectivity index (χ0n) is 17.8. The van der Waals surface area contributed by atoms with Gasteiger partial charge in [-0.25, -0.2) is 24.6 Å². The minimum absolute atomic E-state index is 0.0719. The SMILES string of the molecule is C=CC(=O)N1CCN(C(=O)OC2c3nccnc3C(=O)N2c2ccc3ccc(Cl)nc3n2)CC1. The van der Waals surface area contributed by atoms with Gasteiger partial charge in [-0.3, -0.25) is 14.6 Å². The summed E-state index contributed by atoms with van der Waals surface area (Å²) < 4.78 is 5.75. The zero-order chi connectivity index (χ0) is 23.8. The molecule has 3 aromatic rings. The van der Waals surface area contributed by atoms with Gasteiger partial charge < -0.3 is 14.5 Å². The van der Waals surface area contributed by atoms with Gasteiger partial charge in [-0.15, -0.1) is 0 Å². The number of pyridine rings is 2. The highest BCUT2D eigenvalue weighted by Crippen LogP contribution is 2.36. The fourth-order valence-corrected chi connectivity index (χ4v) is 4.02. The summed E-state index contributed by atoms with van der Waals surface area (Å²) in [4.78, 5) is 59.3. The molecule has 0 bridgehead atoms. The Kier molecular flexibility index (Phi) is 5.54. The van der Waals surface area contributed by atoms with E-state index < -0.39 is 18.2 Å². The molecule has 1 saturated heterocycles. The minimum atomic E-state index is -1.17. The van der Waals surface area contributed by atoms with Gasteiger partial charge in [0.2, 0.25) is 12.1 Å². The number of amides is 3. The van der Waals surface area contributed by atoms with Gasteiger partial charge in [-0.1, -0.05) is 18.2 Å². The molecule has 2 aliphatic rings. The van der Waals surface area contributed by atoms with E-state index in [2.05, 4.69) is 26.5 Å². The van der Waals surface area contributed by atoms with Crippen molar-refractivity contribution >= 4 is 46.4 Å². The van der Waals surface area contributed by atoms with Crippen molar-refractivity contribution in [2.45, 2.75) is 6.23 Å². The molecule has 5 rings (SSSR count). The van der Waals surface area contributed by atoms with Crippen LogP contribution in [0.4, 0.5) is 10.6 Å². The lowest BCUT2D eigenvalue weighted by molar-refractivity contribution is -0.127. The molecule has 12 heteroatoms. The Bertz CT molecular complexity index is 1330. The number of anilines is 1. The topological polar surface area (TPSA) is 122 Å². The normalized spacial score (nSPS) is 17.6. The average Bonchev–Trinajstić information content (AvgIpc) is 3.14. The molecule has 0 aromatic carbocycles. The molecule has 34 heavy (non-hydrogen) atoms. The third-order valence-electron chi connectivity index (χ3n) is 5.60. The van der Waals surface area contributed by atoms with Crippen LogP contribution in [-0.4, -0.2) is 73.8 Å². The van der Waals surface area contributed by atoms with Crippen LogP contribution in [0.5, 0.6) is 0 Å². The van der Waals surface area contributed by atoms with Gasteiger partial charge in [-0.05, 0) is 30.3 Å². The van der Waals surface area contributed by atoms with Crippen molar-refractivity contribution < 1.29 is 19.1 Å². The Hall–Kier alpha value is -4.12. The smallest absolute Gasteiger partial charge is 0.412 e. The summed E-state index contributed by atoms with van der Waals surface area (Å²) in [7, 11) is 0. The predicted octanol–water partition coefficient (Wildman–Crippen LogP) is 2.20. The first kappa shape index (κ1) is 21.7. The van der Waals surface area contributed by atoms with E-state index in [1.54, 1.807) is 29.2 Å². The molecule has 2 aliphatic heterocycles. The number of aromatic nitrogens is 4. The maximum Gasteiger partial charge on any atom is 0.412 e. The lowest BCUT2D eigenvalue weighted by Gasteiger charge is -2.34. The van der Waals surface area contributed by atoms with Gasteiger partial charge in [0, 0.05) is 44.0 Å². The highest BCUT2D eigenvalue weighted by molar-refractivity contribution is 6.29. The van der Waals surface area contributed by atoms with Crippen LogP contribution in [-0.2, 0) is 9.53 Å². The number of nitrogens with zero attached hydrogens (tertiary/aromatic N) is 7. The van der Waals surface area contributed by atoms with Gasteiger partial charge >= 0.3 is 6.09 Å². The van der Waals surface area contributed by atoms with Gasteiger partial charge in [0.1, 0.15) is 16.7 Å². The van der Waals surface area contributed by atoms with E-state index in [4.69, 9.17) is 16.3 Å². The Morgan fingerprint density at radius 3 is 2.50 bits per heavy atom. The molecule has 1 atom stereocenters. The molecule has 0 N–H and O–H groups in total. The molecule has 3 aromatic heterocycles. The van der Waals surface area contributed by atoms with Crippen molar-refractivity contribution in [3.8, 4) is 0 Å². The molecule has 5 heterocycles. The van der Waals surface area contributed by atoms with E-state index in [-0.39, 0.29) is 41.4 Å². The first-order valence-electron chi connectivity index (χ1n) is 10.4. The number of hydrogen-bond donors (Lipinski definition) is 0. The van der Waals surface area contributed by atoms with Gasteiger partial charge in [-0.2, -0.15) is 0 Å². The third-order valence-corrected chi connectivity index (χ3v) is 5.81. The maximum absolute atomic E-state index is 13.2. The van der Waals surface area contributed by atoms with E-state index in [9.17, 15) is 14.4 Å². The maximum atomic E-state index is 13.2. The third kappa shape index (κ3) is 3.79. The molecule has 11 nitrogen and oxygen atoms in total. The number of hydrogen-bond acceptors (Lipinski definition) is 8. The van der Waals surface area contributed by atoms with Crippen LogP contribution in [0.3, 0.4) is 0 Å². The van der Waals surface area contributed by atoms with Crippen LogP contribution < -0.4 is 4.90 Å². The predicted molar refractivity (Wildman–Crippen MR) is 121 cm³/mol. The Balaban J connectivity index is 1.43. The molecule has 0 saturated carbocycles. The fraction of sp³-hybridized carbons (Fsp3) is 0.227. The second-order valence-corrected chi connectivity index (χ2v) is 7.96. The number of ether oxygens (including phenoxy) is 1. The number of fused-ring (bicyclic) bond motifs is 2. The summed E-state index contributed by atoms with van der Waals surface area (Å²) in [5, 5.41) is 0.989. The number of piperazine rings is 1. The van der Waals surface area contributed by atoms with Crippen molar-refractivity contribution in [2.24, 2.45) is 0 Å². The second kappa shape index (κ2) is 8.67. The molecule has 0 aliphatic carbocycles. The van der Waals surface area contributed by atoms with Crippen LogP contribution in [0.15, 0.2) is 49.3 Å². The highest BCUT2D eigenvalue weighted by Gasteiger charge is 2.44. The molecule has 3 amide bonds. The first-order valence-corrected chi connectivity index (χ1v) is 10.8. The van der Waals surface area contributed by atoms with Gasteiger partial charge in [0.05, 0.1) is 0 Å². The van der Waals surface area contributed by atoms with Crippen LogP contribution >= 0.6 is 11.6 Å². The number of halogens is 1. The summed E-state index contributed by atoms with van der Waals surface area (Å²) in [5.74, 6) is -0.483.